The number of hydrogen-bond acceptors (Lipinski definition) is 4. The van der Waals surface area contributed by atoms with Crippen molar-refractivity contribution in [2.75, 3.05) is 0 Å². The number of hydrogen-bond donors (Lipinski definition) is 1. The molecule has 0 amide bonds. The highest BCUT2D eigenvalue weighted by molar-refractivity contribution is 5.48. The number of nitrogens with one attached hydrogen (secondary N) is 1. The van der Waals surface area contributed by atoms with Crippen molar-refractivity contribution in [1.29, 1.82) is 0 Å². The molecule has 0 saturated heterocycles. The molecule has 0 aliphatic heterocycles. The van der Waals surface area contributed by atoms with Gasteiger partial charge in [0, 0.05) is 6.20 Å². The van der Waals surface area contributed by atoms with Gasteiger partial charge in [-0.1, -0.05) is 5.16 Å². The van der Waals surface area contributed by atoms with Crippen molar-refractivity contribution in [3.8, 4) is 11.5 Å². The molecule has 2 aromatic heterocycles. The number of aromatic amines is 1. The minimum Gasteiger partial charge on any atom is -0.334 e. The van der Waals surface area contributed by atoms with Crippen LogP contribution in [0.25, 0.3) is 11.5 Å². The average molecular weight is 136 g/mol. The number of aromatic nitrogens is 4. The van der Waals surface area contributed by atoms with Crippen LogP contribution in [0, 0.1) is 0 Å². The molecule has 0 bridgehead atoms. The molecule has 50 valence electrons. The molecule has 0 aromatic carbocycles. The summed E-state index contributed by atoms with van der Waals surface area (Å²) in [6.07, 6.45) is 4.66. The molecular formula is C5H4N4O. The molecule has 2 heterocycles. The summed E-state index contributed by atoms with van der Waals surface area (Å²) in [6, 6.07) is 0. The van der Waals surface area contributed by atoms with Crippen LogP contribution in [0.1, 0.15) is 0 Å². The molecule has 0 saturated carbocycles. The van der Waals surface area contributed by atoms with Gasteiger partial charge in [-0.2, -0.15) is 10.1 Å². The first-order valence-electron chi connectivity index (χ1n) is 2.72. The van der Waals surface area contributed by atoms with Crippen LogP contribution in [0.2, 0.25) is 0 Å². The summed E-state index contributed by atoms with van der Waals surface area (Å²) in [5.41, 5.74) is 0.803. The Morgan fingerprint density at radius 2 is 2.50 bits per heavy atom. The second-order valence-electron chi connectivity index (χ2n) is 1.73. The lowest BCUT2D eigenvalue weighted by atomic mass is 10.4. The lowest BCUT2D eigenvalue weighted by Gasteiger charge is -1.79. The Morgan fingerprint density at radius 1 is 1.50 bits per heavy atom. The van der Waals surface area contributed by atoms with Gasteiger partial charge in [0.2, 0.25) is 0 Å². The second-order valence-corrected chi connectivity index (χ2v) is 1.73. The van der Waals surface area contributed by atoms with Crippen molar-refractivity contribution in [3.63, 3.8) is 0 Å². The van der Waals surface area contributed by atoms with E-state index in [1.165, 1.54) is 6.33 Å². The van der Waals surface area contributed by atoms with Crippen LogP contribution in [0.5, 0.6) is 0 Å². The second kappa shape index (κ2) is 1.94. The molecule has 0 unspecified atom stereocenters. The minimum absolute atomic E-state index is 0.480. The molecule has 0 fully saturated rings. The van der Waals surface area contributed by atoms with E-state index in [9.17, 15) is 0 Å². The fourth-order valence-corrected chi connectivity index (χ4v) is 0.668. The summed E-state index contributed by atoms with van der Waals surface area (Å²) in [5, 5.41) is 9.82. The highest BCUT2D eigenvalue weighted by Crippen LogP contribution is 2.11. The molecule has 2 aromatic rings. The maximum absolute atomic E-state index is 4.76. The minimum atomic E-state index is 0.480. The van der Waals surface area contributed by atoms with Gasteiger partial charge >= 0.3 is 0 Å². The van der Waals surface area contributed by atoms with E-state index in [-0.39, 0.29) is 0 Å². The lowest BCUT2D eigenvalue weighted by molar-refractivity contribution is 0.430. The quantitative estimate of drug-likeness (QED) is 0.618. The maximum atomic E-state index is 4.76. The van der Waals surface area contributed by atoms with Crippen LogP contribution in [0.4, 0.5) is 0 Å². The Morgan fingerprint density at radius 3 is 3.10 bits per heavy atom. The molecular weight excluding hydrogens is 132 g/mol. The fourth-order valence-electron chi connectivity index (χ4n) is 0.668. The largest absolute Gasteiger partial charge is 0.334 e. The van der Waals surface area contributed by atoms with Gasteiger partial charge in [0.25, 0.3) is 5.89 Å². The third kappa shape index (κ3) is 0.680. The van der Waals surface area contributed by atoms with E-state index in [0.29, 0.717) is 5.89 Å². The molecule has 2 rings (SSSR count). The lowest BCUT2D eigenvalue weighted by Crippen LogP contribution is -1.68. The van der Waals surface area contributed by atoms with Gasteiger partial charge in [0.05, 0.1) is 11.8 Å². The van der Waals surface area contributed by atoms with Gasteiger partial charge in [-0.3, -0.25) is 5.10 Å². The molecule has 5 heteroatoms. The summed E-state index contributed by atoms with van der Waals surface area (Å²) in [4.78, 5) is 3.82. The van der Waals surface area contributed by atoms with Crippen LogP contribution in [0.3, 0.4) is 0 Å². The molecule has 5 nitrogen and oxygen atoms in total. The molecule has 0 atom stereocenters. The first-order chi connectivity index (χ1) is 4.97. The third-order valence-electron chi connectivity index (χ3n) is 1.11. The van der Waals surface area contributed by atoms with Gasteiger partial charge in [0.1, 0.15) is 0 Å². The monoisotopic (exact) mass is 136 g/mol. The Kier molecular flexibility index (Phi) is 1.00. The maximum Gasteiger partial charge on any atom is 0.260 e. The normalized spacial score (nSPS) is 10.0. The fraction of sp³-hybridized carbons (Fsp3) is 0. The molecule has 10 heavy (non-hydrogen) atoms. The smallest absolute Gasteiger partial charge is 0.260 e. The van der Waals surface area contributed by atoms with Crippen molar-refractivity contribution in [3.05, 3.63) is 18.7 Å². The van der Waals surface area contributed by atoms with Gasteiger partial charge in [-0.15, -0.1) is 0 Å². The van der Waals surface area contributed by atoms with Gasteiger partial charge in [-0.25, -0.2) is 0 Å². The van der Waals surface area contributed by atoms with Gasteiger partial charge in [-0.05, 0) is 0 Å². The van der Waals surface area contributed by atoms with Crippen molar-refractivity contribution >= 4 is 0 Å². The van der Waals surface area contributed by atoms with Crippen LogP contribution < -0.4 is 0 Å². The topological polar surface area (TPSA) is 67.6 Å². The first-order valence-corrected chi connectivity index (χ1v) is 2.72. The van der Waals surface area contributed by atoms with E-state index < -0.39 is 0 Å². The zero-order valence-electron chi connectivity index (χ0n) is 4.98. The number of rotatable bonds is 1. The Labute approximate surface area is 56.1 Å². The third-order valence-corrected chi connectivity index (χ3v) is 1.11. The zero-order chi connectivity index (χ0) is 6.81. The summed E-state index contributed by atoms with van der Waals surface area (Å²) < 4.78 is 4.76. The SMILES string of the molecule is c1noc(-c2cn[nH]c2)n1. The van der Waals surface area contributed by atoms with Crippen molar-refractivity contribution in [2.24, 2.45) is 0 Å². The summed E-state index contributed by atoms with van der Waals surface area (Å²) in [7, 11) is 0. The highest BCUT2D eigenvalue weighted by atomic mass is 16.5. The molecule has 0 radical (unpaired) electrons. The van der Waals surface area contributed by atoms with E-state index in [1.807, 2.05) is 0 Å². The molecule has 1 N–H and O–H groups in total. The first kappa shape index (κ1) is 5.16. The Bertz CT molecular complexity index is 253. The van der Waals surface area contributed by atoms with Crippen LogP contribution in [-0.4, -0.2) is 20.3 Å². The predicted octanol–water partition coefficient (Wildman–Crippen LogP) is 0.460. The highest BCUT2D eigenvalue weighted by Gasteiger charge is 2.02. The van der Waals surface area contributed by atoms with E-state index in [1.54, 1.807) is 12.4 Å². The van der Waals surface area contributed by atoms with Crippen LogP contribution in [0.15, 0.2) is 23.2 Å². The zero-order valence-corrected chi connectivity index (χ0v) is 4.98. The summed E-state index contributed by atoms with van der Waals surface area (Å²) in [6.45, 7) is 0. The van der Waals surface area contributed by atoms with Crippen LogP contribution >= 0.6 is 0 Å². The molecule has 0 aliphatic rings. The molecule has 0 aliphatic carbocycles. The summed E-state index contributed by atoms with van der Waals surface area (Å²) >= 11 is 0. The van der Waals surface area contributed by atoms with Crippen molar-refractivity contribution < 1.29 is 4.52 Å². The standard InChI is InChI=1S/C5H4N4O/c1-4(2-8-7-1)5-6-3-9-10-5/h1-3H,(H,7,8). The Balaban J connectivity index is 2.48. The number of nitrogens with zero attached hydrogens (tertiary/aromatic N) is 3. The predicted molar refractivity (Wildman–Crippen MR) is 31.9 cm³/mol. The van der Waals surface area contributed by atoms with E-state index in [0.717, 1.165) is 5.56 Å². The number of H-pyrrole nitrogens is 1. The van der Waals surface area contributed by atoms with E-state index in [2.05, 4.69) is 20.3 Å². The Hall–Kier alpha value is -1.65. The van der Waals surface area contributed by atoms with E-state index in [4.69, 9.17) is 4.52 Å². The average Bonchev–Trinajstić information content (AvgIpc) is 2.59. The van der Waals surface area contributed by atoms with E-state index >= 15 is 0 Å². The van der Waals surface area contributed by atoms with Crippen molar-refractivity contribution in [2.45, 2.75) is 0 Å². The van der Waals surface area contributed by atoms with Gasteiger partial charge < -0.3 is 4.52 Å². The van der Waals surface area contributed by atoms with Crippen molar-refractivity contribution in [1.82, 2.24) is 20.3 Å². The van der Waals surface area contributed by atoms with Crippen LogP contribution in [-0.2, 0) is 0 Å². The molecule has 0 spiro atoms. The van der Waals surface area contributed by atoms with Gasteiger partial charge in [0.15, 0.2) is 6.33 Å². The summed E-state index contributed by atoms with van der Waals surface area (Å²) in [5.74, 6) is 0.480.